The minimum Gasteiger partial charge on any atom is -0.361 e. The van der Waals surface area contributed by atoms with E-state index in [-0.39, 0.29) is 28.5 Å². The van der Waals surface area contributed by atoms with Crippen molar-refractivity contribution in [2.75, 3.05) is 11.4 Å². The molecule has 26 heavy (non-hydrogen) atoms. The van der Waals surface area contributed by atoms with Crippen LogP contribution < -0.4 is 10.0 Å². The number of fused-ring (bicyclic) bond motifs is 1. The van der Waals surface area contributed by atoms with Gasteiger partial charge in [0.25, 0.3) is 11.4 Å². The summed E-state index contributed by atoms with van der Waals surface area (Å²) in [5.74, 6) is 0. The highest BCUT2D eigenvalue weighted by atomic mass is 32.2. The molecule has 0 radical (unpaired) electrons. The second kappa shape index (κ2) is 6.35. The third-order valence-corrected chi connectivity index (χ3v) is 5.14. The summed E-state index contributed by atoms with van der Waals surface area (Å²) in [6.45, 7) is 0.701. The minimum atomic E-state index is -4.07. The zero-order valence-corrected chi connectivity index (χ0v) is 14.2. The molecule has 1 aliphatic rings. The fourth-order valence-electron chi connectivity index (χ4n) is 2.96. The number of rotatable bonds is 4. The third kappa shape index (κ3) is 3.34. The number of hydrogen-bond donors (Lipinski definition) is 1. The first kappa shape index (κ1) is 17.8. The van der Waals surface area contributed by atoms with E-state index >= 15 is 0 Å². The van der Waals surface area contributed by atoms with Crippen molar-refractivity contribution >= 4 is 27.1 Å². The average Bonchev–Trinajstić information content (AvgIpc) is 2.59. The van der Waals surface area contributed by atoms with Crippen molar-refractivity contribution in [2.45, 2.75) is 17.9 Å². The van der Waals surface area contributed by atoms with Crippen LogP contribution in [-0.2, 0) is 23.0 Å². The predicted octanol–water partition coefficient (Wildman–Crippen LogP) is 1.71. The number of hydrogen-bond acceptors (Lipinski definition) is 7. The van der Waals surface area contributed by atoms with Crippen molar-refractivity contribution < 1.29 is 18.3 Å². The van der Waals surface area contributed by atoms with Crippen LogP contribution in [0.25, 0.3) is 0 Å². The number of nitro benzene ring substituents is 2. The average molecular weight is 378 g/mol. The van der Waals surface area contributed by atoms with Crippen LogP contribution in [0.2, 0.25) is 0 Å². The topological polar surface area (TPSA) is 150 Å². The second-order valence-electron chi connectivity index (χ2n) is 5.83. The zero-order chi connectivity index (χ0) is 19.1. The Labute approximate surface area is 148 Å². The summed E-state index contributed by atoms with van der Waals surface area (Å²) in [6.07, 6.45) is 0.557. The Kier molecular flexibility index (Phi) is 4.34. The Balaban J connectivity index is 2.01. The molecular weight excluding hydrogens is 364 g/mol. The van der Waals surface area contributed by atoms with Gasteiger partial charge in [-0.15, -0.1) is 0 Å². The van der Waals surface area contributed by atoms with Crippen molar-refractivity contribution in [3.05, 3.63) is 67.8 Å². The van der Waals surface area contributed by atoms with Gasteiger partial charge in [-0.3, -0.25) is 20.2 Å². The molecular formula is C15H14N4O6S. The largest absolute Gasteiger partial charge is 0.361 e. The number of nitrogens with two attached hydrogens (primary N) is 1. The van der Waals surface area contributed by atoms with Gasteiger partial charge in [0, 0.05) is 31.3 Å². The van der Waals surface area contributed by atoms with Crippen LogP contribution in [-0.4, -0.2) is 24.8 Å². The summed E-state index contributed by atoms with van der Waals surface area (Å²) < 4.78 is 22.9. The molecule has 10 nitrogen and oxygen atoms in total. The Morgan fingerprint density at radius 3 is 2.35 bits per heavy atom. The highest BCUT2D eigenvalue weighted by Crippen LogP contribution is 2.34. The van der Waals surface area contributed by atoms with Gasteiger partial charge in [-0.1, -0.05) is 6.07 Å². The van der Waals surface area contributed by atoms with E-state index in [1.54, 1.807) is 11.0 Å². The molecule has 1 heterocycles. The van der Waals surface area contributed by atoms with Crippen molar-refractivity contribution in [3.8, 4) is 0 Å². The molecule has 3 rings (SSSR count). The first-order valence-corrected chi connectivity index (χ1v) is 9.04. The van der Waals surface area contributed by atoms with Gasteiger partial charge in [-0.25, -0.2) is 13.6 Å². The Morgan fingerprint density at radius 2 is 1.73 bits per heavy atom. The fraction of sp³-hybridized carbons (Fsp3) is 0.200. The molecule has 0 bridgehead atoms. The van der Waals surface area contributed by atoms with Crippen LogP contribution in [0.3, 0.4) is 0 Å². The normalized spacial score (nSPS) is 14.0. The van der Waals surface area contributed by atoms with Gasteiger partial charge in [0.1, 0.15) is 5.69 Å². The molecule has 0 spiro atoms. The fourth-order valence-corrected chi connectivity index (χ4v) is 3.49. The van der Waals surface area contributed by atoms with Gasteiger partial charge < -0.3 is 4.90 Å². The summed E-state index contributed by atoms with van der Waals surface area (Å²) in [4.78, 5) is 22.5. The minimum absolute atomic E-state index is 0.0512. The lowest BCUT2D eigenvalue weighted by Crippen LogP contribution is -2.31. The number of nitrogens with zero attached hydrogens (tertiary/aromatic N) is 3. The quantitative estimate of drug-likeness (QED) is 0.628. The lowest BCUT2D eigenvalue weighted by atomic mass is 9.98. The molecule has 0 aromatic heterocycles. The van der Waals surface area contributed by atoms with E-state index in [2.05, 4.69) is 0 Å². The van der Waals surface area contributed by atoms with Crippen LogP contribution in [0.1, 0.15) is 11.1 Å². The van der Waals surface area contributed by atoms with Crippen LogP contribution in [0.5, 0.6) is 0 Å². The summed E-state index contributed by atoms with van der Waals surface area (Å²) in [5.41, 5.74) is 1.44. The van der Waals surface area contributed by atoms with Gasteiger partial charge in [-0.05, 0) is 29.7 Å². The van der Waals surface area contributed by atoms with E-state index in [1.165, 1.54) is 24.3 Å². The van der Waals surface area contributed by atoms with Crippen LogP contribution in [0.4, 0.5) is 17.1 Å². The summed E-state index contributed by atoms with van der Waals surface area (Å²) in [6, 6.07) is 8.03. The van der Waals surface area contributed by atoms with Gasteiger partial charge in [0.15, 0.2) is 0 Å². The van der Waals surface area contributed by atoms with E-state index in [0.717, 1.165) is 11.6 Å². The number of non-ortho nitro benzene ring substituents is 1. The van der Waals surface area contributed by atoms with Gasteiger partial charge >= 0.3 is 0 Å². The maximum atomic E-state index is 11.4. The smallest absolute Gasteiger partial charge is 0.293 e. The molecule has 0 atom stereocenters. The lowest BCUT2D eigenvalue weighted by molar-refractivity contribution is -0.384. The number of benzene rings is 2. The van der Waals surface area contributed by atoms with Crippen molar-refractivity contribution in [1.29, 1.82) is 0 Å². The van der Waals surface area contributed by atoms with Crippen molar-refractivity contribution in [3.63, 3.8) is 0 Å². The molecule has 2 aromatic carbocycles. The first-order valence-electron chi connectivity index (χ1n) is 7.49. The van der Waals surface area contributed by atoms with Gasteiger partial charge in [-0.2, -0.15) is 0 Å². The predicted molar refractivity (Wildman–Crippen MR) is 92.3 cm³/mol. The maximum Gasteiger partial charge on any atom is 0.293 e. The van der Waals surface area contributed by atoms with Crippen LogP contribution in [0, 0.1) is 20.2 Å². The van der Waals surface area contributed by atoms with Crippen LogP contribution >= 0.6 is 0 Å². The number of sulfonamides is 1. The number of primary sulfonamides is 1. The molecule has 0 saturated heterocycles. The standard InChI is InChI=1S/C15H14N4O6S/c16-26(24,25)13-3-4-14(15(8-13)19(22)23)17-6-5-10-1-2-12(18(20)21)7-11(10)9-17/h1-4,7-8H,5-6,9H2,(H2,16,24,25). The summed E-state index contributed by atoms with van der Waals surface area (Å²) >= 11 is 0. The molecule has 136 valence electrons. The van der Waals surface area contributed by atoms with E-state index in [0.29, 0.717) is 18.5 Å². The van der Waals surface area contributed by atoms with E-state index < -0.39 is 19.9 Å². The lowest BCUT2D eigenvalue weighted by Gasteiger charge is -2.30. The molecule has 0 aliphatic carbocycles. The Hall–Kier alpha value is -3.05. The molecule has 0 fully saturated rings. The highest BCUT2D eigenvalue weighted by molar-refractivity contribution is 7.89. The second-order valence-corrected chi connectivity index (χ2v) is 7.40. The van der Waals surface area contributed by atoms with Gasteiger partial charge in [0.05, 0.1) is 14.7 Å². The summed E-state index contributed by atoms with van der Waals surface area (Å²) in [5, 5.41) is 27.4. The van der Waals surface area contributed by atoms with E-state index in [4.69, 9.17) is 5.14 Å². The van der Waals surface area contributed by atoms with Crippen molar-refractivity contribution in [2.24, 2.45) is 5.14 Å². The maximum absolute atomic E-state index is 11.4. The van der Waals surface area contributed by atoms with Gasteiger partial charge in [0.2, 0.25) is 10.0 Å². The summed E-state index contributed by atoms with van der Waals surface area (Å²) in [7, 11) is -4.07. The highest BCUT2D eigenvalue weighted by Gasteiger charge is 2.26. The Morgan fingerprint density at radius 1 is 1.00 bits per heavy atom. The molecule has 11 heteroatoms. The molecule has 0 unspecified atom stereocenters. The molecule has 1 aliphatic heterocycles. The van der Waals surface area contributed by atoms with E-state index in [1.807, 2.05) is 0 Å². The molecule has 2 N–H and O–H groups in total. The molecule has 0 amide bonds. The SMILES string of the molecule is NS(=O)(=O)c1ccc(N2CCc3ccc([N+](=O)[O-])cc3C2)c([N+](=O)[O-])c1. The van der Waals surface area contributed by atoms with Crippen molar-refractivity contribution in [1.82, 2.24) is 0 Å². The first-order chi connectivity index (χ1) is 12.2. The monoisotopic (exact) mass is 378 g/mol. The molecule has 2 aromatic rings. The zero-order valence-electron chi connectivity index (χ0n) is 13.4. The van der Waals surface area contributed by atoms with Crippen LogP contribution in [0.15, 0.2) is 41.3 Å². The Bertz CT molecular complexity index is 1020. The third-order valence-electron chi connectivity index (χ3n) is 4.23. The number of anilines is 1. The van der Waals surface area contributed by atoms with E-state index in [9.17, 15) is 28.6 Å². The number of nitro groups is 2. The molecule has 0 saturated carbocycles.